The standard InChI is InChI=1S/C13H17NO/c15-13-9-5-4-6-11(13)10-14-12-7-2-1-3-8-12/h4-6,9-10,12,15H,1-3,7-8H2. The fourth-order valence-corrected chi connectivity index (χ4v) is 2.01. The molecule has 0 heterocycles. The molecule has 0 atom stereocenters. The lowest BCUT2D eigenvalue weighted by Gasteiger charge is -2.17. The molecular weight excluding hydrogens is 186 g/mol. The molecule has 15 heavy (non-hydrogen) atoms. The number of nitrogens with zero attached hydrogens (tertiary/aromatic N) is 1. The number of aromatic hydroxyl groups is 1. The molecule has 0 aromatic heterocycles. The fraction of sp³-hybridized carbons (Fsp3) is 0.462. The van der Waals surface area contributed by atoms with Crippen LogP contribution in [0, 0.1) is 0 Å². The van der Waals surface area contributed by atoms with E-state index in [1.165, 1.54) is 32.1 Å². The van der Waals surface area contributed by atoms with E-state index < -0.39 is 0 Å². The lowest BCUT2D eigenvalue weighted by atomic mass is 9.96. The van der Waals surface area contributed by atoms with Crippen LogP contribution in [0.15, 0.2) is 29.3 Å². The van der Waals surface area contributed by atoms with E-state index in [9.17, 15) is 5.11 Å². The summed E-state index contributed by atoms with van der Waals surface area (Å²) in [7, 11) is 0. The highest BCUT2D eigenvalue weighted by Crippen LogP contribution is 2.21. The highest BCUT2D eigenvalue weighted by molar-refractivity contribution is 5.83. The van der Waals surface area contributed by atoms with Crippen molar-refractivity contribution in [3.8, 4) is 5.75 Å². The number of hydrogen-bond donors (Lipinski definition) is 1. The molecule has 0 saturated heterocycles. The van der Waals surface area contributed by atoms with Crippen molar-refractivity contribution in [2.45, 2.75) is 38.1 Å². The number of benzene rings is 1. The van der Waals surface area contributed by atoms with Crippen LogP contribution in [0.4, 0.5) is 0 Å². The normalized spacial score (nSPS) is 18.4. The summed E-state index contributed by atoms with van der Waals surface area (Å²) in [5.74, 6) is 0.317. The van der Waals surface area contributed by atoms with Gasteiger partial charge in [0, 0.05) is 17.8 Å². The molecule has 1 aliphatic carbocycles. The zero-order valence-corrected chi connectivity index (χ0v) is 8.89. The maximum absolute atomic E-state index is 9.55. The van der Waals surface area contributed by atoms with E-state index in [1.54, 1.807) is 6.07 Å². The van der Waals surface area contributed by atoms with Crippen molar-refractivity contribution in [1.82, 2.24) is 0 Å². The number of para-hydroxylation sites is 1. The minimum atomic E-state index is 0.317. The zero-order valence-electron chi connectivity index (χ0n) is 8.89. The van der Waals surface area contributed by atoms with E-state index in [1.807, 2.05) is 24.4 Å². The third-order valence-corrected chi connectivity index (χ3v) is 2.94. The smallest absolute Gasteiger partial charge is 0.124 e. The van der Waals surface area contributed by atoms with Crippen molar-refractivity contribution in [2.24, 2.45) is 4.99 Å². The summed E-state index contributed by atoms with van der Waals surface area (Å²) >= 11 is 0. The van der Waals surface area contributed by atoms with Gasteiger partial charge in [0.1, 0.15) is 5.75 Å². The fourth-order valence-electron chi connectivity index (χ4n) is 2.01. The van der Waals surface area contributed by atoms with E-state index in [4.69, 9.17) is 0 Å². The molecule has 2 heteroatoms. The predicted octanol–water partition coefficient (Wildman–Crippen LogP) is 3.14. The first-order valence-electron chi connectivity index (χ1n) is 5.67. The molecule has 2 rings (SSSR count). The van der Waals surface area contributed by atoms with Crippen molar-refractivity contribution in [1.29, 1.82) is 0 Å². The minimum absolute atomic E-state index is 0.317. The molecule has 1 aromatic carbocycles. The molecule has 0 bridgehead atoms. The van der Waals surface area contributed by atoms with Crippen LogP contribution in [-0.4, -0.2) is 17.4 Å². The van der Waals surface area contributed by atoms with E-state index in [-0.39, 0.29) is 0 Å². The van der Waals surface area contributed by atoms with Crippen molar-refractivity contribution >= 4 is 6.21 Å². The van der Waals surface area contributed by atoms with Crippen LogP contribution in [0.5, 0.6) is 5.75 Å². The maximum Gasteiger partial charge on any atom is 0.124 e. The van der Waals surface area contributed by atoms with Crippen molar-refractivity contribution in [3.05, 3.63) is 29.8 Å². The Balaban J connectivity index is 2.01. The summed E-state index contributed by atoms with van der Waals surface area (Å²) in [4.78, 5) is 4.53. The minimum Gasteiger partial charge on any atom is -0.507 e. The van der Waals surface area contributed by atoms with Gasteiger partial charge in [0.15, 0.2) is 0 Å². The molecule has 2 nitrogen and oxygen atoms in total. The SMILES string of the molecule is Oc1ccccc1C=NC1CCCCC1. The number of aliphatic imine (C=N–C) groups is 1. The molecule has 1 saturated carbocycles. The monoisotopic (exact) mass is 203 g/mol. The summed E-state index contributed by atoms with van der Waals surface area (Å²) < 4.78 is 0. The van der Waals surface area contributed by atoms with Crippen LogP contribution in [0.3, 0.4) is 0 Å². The van der Waals surface area contributed by atoms with E-state index >= 15 is 0 Å². The van der Waals surface area contributed by atoms with Crippen molar-refractivity contribution < 1.29 is 5.11 Å². The number of rotatable bonds is 2. The molecule has 1 N–H and O–H groups in total. The molecule has 0 amide bonds. The Bertz CT molecular complexity index is 340. The first-order valence-corrected chi connectivity index (χ1v) is 5.67. The molecule has 1 aromatic rings. The third-order valence-electron chi connectivity index (χ3n) is 2.94. The van der Waals surface area contributed by atoms with Crippen LogP contribution in [-0.2, 0) is 0 Å². The molecule has 0 aliphatic heterocycles. The van der Waals surface area contributed by atoms with Crippen molar-refractivity contribution in [2.75, 3.05) is 0 Å². The Morgan fingerprint density at radius 1 is 1.13 bits per heavy atom. The molecule has 0 spiro atoms. The van der Waals surface area contributed by atoms with Gasteiger partial charge >= 0.3 is 0 Å². The number of hydrogen-bond acceptors (Lipinski definition) is 2. The largest absolute Gasteiger partial charge is 0.507 e. The van der Waals surface area contributed by atoms with E-state index in [0.29, 0.717) is 11.8 Å². The quantitative estimate of drug-likeness (QED) is 0.736. The molecule has 0 radical (unpaired) electrons. The van der Waals surface area contributed by atoms with Gasteiger partial charge in [-0.15, -0.1) is 0 Å². The van der Waals surface area contributed by atoms with E-state index in [0.717, 1.165) is 5.56 Å². The van der Waals surface area contributed by atoms with E-state index in [2.05, 4.69) is 4.99 Å². The second-order valence-electron chi connectivity index (χ2n) is 4.13. The molecule has 80 valence electrons. The molecule has 1 aliphatic rings. The Kier molecular flexibility index (Phi) is 3.38. The van der Waals surface area contributed by atoms with Gasteiger partial charge < -0.3 is 5.11 Å². The Labute approximate surface area is 90.7 Å². The zero-order chi connectivity index (χ0) is 10.5. The van der Waals surface area contributed by atoms with Gasteiger partial charge in [-0.3, -0.25) is 4.99 Å². The van der Waals surface area contributed by atoms with Gasteiger partial charge in [-0.05, 0) is 25.0 Å². The molecule has 1 fully saturated rings. The summed E-state index contributed by atoms with van der Waals surface area (Å²) in [6.07, 6.45) is 8.15. The lowest BCUT2D eigenvalue weighted by molar-refractivity contribution is 0.444. The maximum atomic E-state index is 9.55. The van der Waals surface area contributed by atoms with Gasteiger partial charge in [-0.25, -0.2) is 0 Å². The van der Waals surface area contributed by atoms with Gasteiger partial charge in [-0.1, -0.05) is 31.4 Å². The summed E-state index contributed by atoms with van der Waals surface area (Å²) in [5.41, 5.74) is 0.822. The molecule has 0 unspecified atom stereocenters. The average Bonchev–Trinajstić information content (AvgIpc) is 2.29. The first-order chi connectivity index (χ1) is 7.36. The lowest BCUT2D eigenvalue weighted by Crippen LogP contribution is -2.09. The average molecular weight is 203 g/mol. The Morgan fingerprint density at radius 3 is 2.60 bits per heavy atom. The number of phenolic OH excluding ortho intramolecular Hbond substituents is 1. The Morgan fingerprint density at radius 2 is 1.87 bits per heavy atom. The van der Waals surface area contributed by atoms with Crippen LogP contribution in [0.2, 0.25) is 0 Å². The van der Waals surface area contributed by atoms with Crippen LogP contribution < -0.4 is 0 Å². The topological polar surface area (TPSA) is 32.6 Å². The summed E-state index contributed by atoms with van der Waals surface area (Å²) in [5, 5.41) is 9.55. The van der Waals surface area contributed by atoms with Crippen molar-refractivity contribution in [3.63, 3.8) is 0 Å². The van der Waals surface area contributed by atoms with Crippen LogP contribution in [0.25, 0.3) is 0 Å². The summed E-state index contributed by atoms with van der Waals surface area (Å²) in [6, 6.07) is 7.80. The second-order valence-corrected chi connectivity index (χ2v) is 4.13. The van der Waals surface area contributed by atoms with Gasteiger partial charge in [0.2, 0.25) is 0 Å². The third kappa shape index (κ3) is 2.82. The molecular formula is C13H17NO. The van der Waals surface area contributed by atoms with Gasteiger partial charge in [-0.2, -0.15) is 0 Å². The predicted molar refractivity (Wildman–Crippen MR) is 62.6 cm³/mol. The first kappa shape index (κ1) is 10.2. The van der Waals surface area contributed by atoms with Gasteiger partial charge in [0.25, 0.3) is 0 Å². The van der Waals surface area contributed by atoms with Gasteiger partial charge in [0.05, 0.1) is 0 Å². The second kappa shape index (κ2) is 4.96. The highest BCUT2D eigenvalue weighted by atomic mass is 16.3. The Hall–Kier alpha value is -1.31. The van der Waals surface area contributed by atoms with Crippen LogP contribution >= 0.6 is 0 Å². The summed E-state index contributed by atoms with van der Waals surface area (Å²) in [6.45, 7) is 0. The highest BCUT2D eigenvalue weighted by Gasteiger charge is 2.10. The number of phenols is 1. The van der Waals surface area contributed by atoms with Crippen LogP contribution in [0.1, 0.15) is 37.7 Å².